The number of likely N-dealkylation sites (tertiary alicyclic amines) is 1. The number of carbonyl (C=O) groups is 2. The fourth-order valence-electron chi connectivity index (χ4n) is 3.22. The van der Waals surface area contributed by atoms with Crippen molar-refractivity contribution in [3.05, 3.63) is 23.9 Å². The monoisotopic (exact) mass is 361 g/mol. The van der Waals surface area contributed by atoms with E-state index in [9.17, 15) is 9.59 Å². The zero-order chi connectivity index (χ0) is 19.5. The van der Waals surface area contributed by atoms with Crippen LogP contribution in [-0.2, 0) is 9.53 Å². The van der Waals surface area contributed by atoms with Crippen LogP contribution in [0.4, 0.5) is 10.6 Å². The summed E-state index contributed by atoms with van der Waals surface area (Å²) >= 11 is 0. The lowest BCUT2D eigenvalue weighted by molar-refractivity contribution is -0.129. The Labute approximate surface area is 156 Å². The molecule has 0 bridgehead atoms. The van der Waals surface area contributed by atoms with E-state index >= 15 is 0 Å². The summed E-state index contributed by atoms with van der Waals surface area (Å²) in [6, 6.07) is 3.87. The molecule has 2 atom stereocenters. The molecule has 0 aromatic carbocycles. The van der Waals surface area contributed by atoms with Crippen LogP contribution in [0.2, 0.25) is 0 Å². The summed E-state index contributed by atoms with van der Waals surface area (Å²) in [5, 5.41) is 0. The molecular formula is C20H31N3O3. The van der Waals surface area contributed by atoms with E-state index in [2.05, 4.69) is 4.98 Å². The molecule has 2 unspecified atom stereocenters. The maximum atomic E-state index is 12.7. The molecule has 2 amide bonds. The van der Waals surface area contributed by atoms with Crippen molar-refractivity contribution in [1.29, 1.82) is 0 Å². The number of rotatable bonds is 4. The number of anilines is 1. The van der Waals surface area contributed by atoms with Gasteiger partial charge in [0, 0.05) is 25.7 Å². The second-order valence-corrected chi connectivity index (χ2v) is 7.93. The van der Waals surface area contributed by atoms with Crippen LogP contribution in [0.5, 0.6) is 0 Å². The Balaban J connectivity index is 2.24. The minimum atomic E-state index is -0.561. The molecule has 6 nitrogen and oxygen atoms in total. The standard InChI is InChI=1S/C20H31N3O3/c1-7-14(2)23(19(25)26-20(4,5)6)18-11-10-16(13-21-18)17-9-8-12-22(17)15(3)24/h10-11,13-14,17H,7-9,12H2,1-6H3. The highest BCUT2D eigenvalue weighted by Crippen LogP contribution is 2.32. The van der Waals surface area contributed by atoms with Gasteiger partial charge in [0.2, 0.25) is 5.91 Å². The summed E-state index contributed by atoms with van der Waals surface area (Å²) in [5.41, 5.74) is 0.448. The Morgan fingerprint density at radius 1 is 1.38 bits per heavy atom. The maximum absolute atomic E-state index is 12.7. The van der Waals surface area contributed by atoms with Crippen LogP contribution in [0, 0.1) is 0 Å². The highest BCUT2D eigenvalue weighted by Gasteiger charge is 2.30. The van der Waals surface area contributed by atoms with E-state index in [4.69, 9.17) is 4.74 Å². The second kappa shape index (κ2) is 8.06. The van der Waals surface area contributed by atoms with Crippen LogP contribution >= 0.6 is 0 Å². The van der Waals surface area contributed by atoms with Crippen molar-refractivity contribution < 1.29 is 14.3 Å². The molecule has 1 aromatic rings. The van der Waals surface area contributed by atoms with Gasteiger partial charge in [-0.15, -0.1) is 0 Å². The molecule has 2 rings (SSSR count). The Hall–Kier alpha value is -2.11. The first-order valence-corrected chi connectivity index (χ1v) is 9.39. The molecule has 2 heterocycles. The lowest BCUT2D eigenvalue weighted by Crippen LogP contribution is -2.42. The lowest BCUT2D eigenvalue weighted by atomic mass is 10.1. The normalized spacial score (nSPS) is 18.5. The average Bonchev–Trinajstić information content (AvgIpc) is 3.03. The van der Waals surface area contributed by atoms with Gasteiger partial charge in [-0.05, 0) is 58.6 Å². The highest BCUT2D eigenvalue weighted by atomic mass is 16.6. The SMILES string of the molecule is CCC(C)N(C(=O)OC(C)(C)C)c1ccc(C2CCCN2C(C)=O)cn1. The Morgan fingerprint density at radius 2 is 2.08 bits per heavy atom. The van der Waals surface area contributed by atoms with Crippen molar-refractivity contribution in [3.8, 4) is 0 Å². The molecule has 6 heteroatoms. The van der Waals surface area contributed by atoms with Crippen molar-refractivity contribution in [2.75, 3.05) is 11.4 Å². The molecule has 144 valence electrons. The van der Waals surface area contributed by atoms with Gasteiger partial charge in [-0.3, -0.25) is 9.69 Å². The third kappa shape index (κ3) is 4.74. The zero-order valence-electron chi connectivity index (χ0n) is 16.8. The lowest BCUT2D eigenvalue weighted by Gasteiger charge is -2.31. The van der Waals surface area contributed by atoms with Crippen molar-refractivity contribution in [2.45, 2.75) is 78.5 Å². The van der Waals surface area contributed by atoms with Crippen LogP contribution in [-0.4, -0.2) is 40.1 Å². The molecule has 1 aromatic heterocycles. The number of aromatic nitrogens is 1. The van der Waals surface area contributed by atoms with Gasteiger partial charge >= 0.3 is 6.09 Å². The Bertz CT molecular complexity index is 637. The van der Waals surface area contributed by atoms with Crippen LogP contribution in [0.25, 0.3) is 0 Å². The largest absolute Gasteiger partial charge is 0.443 e. The fraction of sp³-hybridized carbons (Fsp3) is 0.650. The van der Waals surface area contributed by atoms with Gasteiger partial charge in [0.15, 0.2) is 0 Å². The predicted octanol–water partition coefficient (Wildman–Crippen LogP) is 4.31. The third-order valence-electron chi connectivity index (χ3n) is 4.68. The van der Waals surface area contributed by atoms with Gasteiger partial charge in [-0.1, -0.05) is 13.0 Å². The van der Waals surface area contributed by atoms with Crippen LogP contribution < -0.4 is 4.90 Å². The Kier molecular flexibility index (Phi) is 6.26. The van der Waals surface area contributed by atoms with Crippen LogP contribution in [0.15, 0.2) is 18.3 Å². The minimum absolute atomic E-state index is 0.0246. The van der Waals surface area contributed by atoms with Gasteiger partial charge < -0.3 is 9.64 Å². The smallest absolute Gasteiger partial charge is 0.416 e. The molecule has 0 N–H and O–H groups in total. The number of hydrogen-bond acceptors (Lipinski definition) is 4. The van der Waals surface area contributed by atoms with Gasteiger partial charge in [-0.25, -0.2) is 9.78 Å². The molecule has 0 spiro atoms. The number of carbonyl (C=O) groups excluding carboxylic acids is 2. The highest BCUT2D eigenvalue weighted by molar-refractivity contribution is 5.87. The number of amides is 2. The molecule has 1 aliphatic heterocycles. The average molecular weight is 361 g/mol. The number of pyridine rings is 1. The first-order valence-electron chi connectivity index (χ1n) is 9.39. The first kappa shape index (κ1) is 20.2. The van der Waals surface area contributed by atoms with E-state index in [0.717, 1.165) is 31.4 Å². The van der Waals surface area contributed by atoms with Crippen LogP contribution in [0.1, 0.15) is 72.4 Å². The summed E-state index contributed by atoms with van der Waals surface area (Å²) in [6.07, 6.45) is 4.13. The van der Waals surface area contributed by atoms with Gasteiger partial charge in [0.25, 0.3) is 0 Å². The molecule has 0 aliphatic carbocycles. The van der Waals surface area contributed by atoms with Crippen LogP contribution in [0.3, 0.4) is 0 Å². The maximum Gasteiger partial charge on any atom is 0.416 e. The topological polar surface area (TPSA) is 62.7 Å². The molecule has 0 saturated carbocycles. The number of ether oxygens (including phenoxy) is 1. The van der Waals surface area contributed by atoms with E-state index in [1.165, 1.54) is 0 Å². The summed E-state index contributed by atoms with van der Waals surface area (Å²) in [4.78, 5) is 32.5. The van der Waals surface area contributed by atoms with Crippen molar-refractivity contribution in [3.63, 3.8) is 0 Å². The third-order valence-corrected chi connectivity index (χ3v) is 4.68. The van der Waals surface area contributed by atoms with E-state index in [-0.39, 0.29) is 18.0 Å². The molecule has 26 heavy (non-hydrogen) atoms. The quantitative estimate of drug-likeness (QED) is 0.802. The van der Waals surface area contributed by atoms with Crippen molar-refractivity contribution in [2.24, 2.45) is 0 Å². The molecule has 0 radical (unpaired) electrons. The van der Waals surface area contributed by atoms with Crippen molar-refractivity contribution in [1.82, 2.24) is 9.88 Å². The molecular weight excluding hydrogens is 330 g/mol. The fourth-order valence-corrected chi connectivity index (χ4v) is 3.22. The van der Waals surface area contributed by atoms with Crippen molar-refractivity contribution >= 4 is 17.8 Å². The first-order chi connectivity index (χ1) is 12.1. The second-order valence-electron chi connectivity index (χ2n) is 7.93. The van der Waals surface area contributed by atoms with E-state index < -0.39 is 11.7 Å². The van der Waals surface area contributed by atoms with E-state index in [1.54, 1.807) is 18.0 Å². The van der Waals surface area contributed by atoms with Gasteiger partial charge in [-0.2, -0.15) is 0 Å². The molecule has 1 aliphatic rings. The summed E-state index contributed by atoms with van der Waals surface area (Å²) < 4.78 is 5.55. The number of hydrogen-bond donors (Lipinski definition) is 0. The predicted molar refractivity (Wildman–Crippen MR) is 102 cm³/mol. The van der Waals surface area contributed by atoms with E-state index in [0.29, 0.717) is 5.82 Å². The van der Waals surface area contributed by atoms with Gasteiger partial charge in [0.1, 0.15) is 11.4 Å². The van der Waals surface area contributed by atoms with E-state index in [1.807, 2.05) is 51.7 Å². The van der Waals surface area contributed by atoms with Gasteiger partial charge in [0.05, 0.1) is 6.04 Å². The summed E-state index contributed by atoms with van der Waals surface area (Å²) in [5.74, 6) is 0.663. The zero-order valence-corrected chi connectivity index (χ0v) is 16.8. The molecule has 1 saturated heterocycles. The number of nitrogens with zero attached hydrogens (tertiary/aromatic N) is 3. The summed E-state index contributed by atoms with van der Waals surface area (Å²) in [7, 11) is 0. The molecule has 1 fully saturated rings. The summed E-state index contributed by atoms with van der Waals surface area (Å²) in [6.45, 7) is 12.0. The minimum Gasteiger partial charge on any atom is -0.443 e. The Morgan fingerprint density at radius 3 is 2.58 bits per heavy atom.